The van der Waals surface area contributed by atoms with Crippen molar-refractivity contribution in [2.24, 2.45) is 5.84 Å². The molecule has 1 amide bonds. The summed E-state index contributed by atoms with van der Waals surface area (Å²) in [6.07, 6.45) is 1.36. The van der Waals surface area contributed by atoms with E-state index in [4.69, 9.17) is 33.8 Å². The second-order valence-electron chi connectivity index (χ2n) is 4.00. The summed E-state index contributed by atoms with van der Waals surface area (Å²) in [5.41, 5.74) is 3.15. The molecule has 1 aromatic carbocycles. The van der Waals surface area contributed by atoms with Gasteiger partial charge < -0.3 is 15.5 Å². The van der Waals surface area contributed by atoms with Crippen molar-refractivity contribution in [2.75, 3.05) is 17.9 Å². The zero-order valence-electron chi connectivity index (χ0n) is 11.0. The predicted octanol–water partition coefficient (Wildman–Crippen LogP) is 2.93. The highest BCUT2D eigenvalue weighted by Crippen LogP contribution is 2.27. The fourth-order valence-electron chi connectivity index (χ4n) is 1.62. The molecule has 0 bridgehead atoms. The van der Waals surface area contributed by atoms with E-state index >= 15 is 0 Å². The highest BCUT2D eigenvalue weighted by molar-refractivity contribution is 6.33. The van der Waals surface area contributed by atoms with Crippen LogP contribution in [0.3, 0.4) is 0 Å². The minimum atomic E-state index is -0.366. The van der Waals surface area contributed by atoms with Gasteiger partial charge in [0, 0.05) is 11.9 Å². The Morgan fingerprint density at radius 3 is 2.62 bits per heavy atom. The van der Waals surface area contributed by atoms with Crippen LogP contribution in [0.1, 0.15) is 10.4 Å². The molecule has 110 valence electrons. The van der Waals surface area contributed by atoms with Crippen molar-refractivity contribution in [2.45, 2.75) is 0 Å². The van der Waals surface area contributed by atoms with Gasteiger partial charge in [0.15, 0.2) is 5.82 Å². The molecular formula is C13H12Cl2N4O2. The van der Waals surface area contributed by atoms with Crippen LogP contribution in [0, 0.1) is 0 Å². The number of hydrogen-bond acceptors (Lipinski definition) is 5. The molecule has 1 aromatic heterocycles. The lowest BCUT2D eigenvalue weighted by molar-refractivity contribution is 0.102. The highest BCUT2D eigenvalue weighted by Gasteiger charge is 2.11. The van der Waals surface area contributed by atoms with Crippen molar-refractivity contribution >= 4 is 40.6 Å². The predicted molar refractivity (Wildman–Crippen MR) is 83.0 cm³/mol. The van der Waals surface area contributed by atoms with Gasteiger partial charge in [-0.3, -0.25) is 4.79 Å². The van der Waals surface area contributed by atoms with Gasteiger partial charge in [0.25, 0.3) is 5.91 Å². The maximum Gasteiger partial charge on any atom is 0.257 e. The number of halogens is 2. The Hall–Kier alpha value is -2.02. The standard InChI is InChI=1S/C13H12Cl2N4O2/c1-21-11-3-2-8(5-9(11)14)18-13(20)7-4-10(15)12(19-16)17-6-7/h2-6H,16H2,1H3,(H,17,19)(H,18,20). The van der Waals surface area contributed by atoms with Gasteiger partial charge in [-0.25, -0.2) is 10.8 Å². The van der Waals surface area contributed by atoms with Crippen molar-refractivity contribution in [1.82, 2.24) is 4.98 Å². The molecule has 21 heavy (non-hydrogen) atoms. The van der Waals surface area contributed by atoms with E-state index in [0.29, 0.717) is 27.8 Å². The summed E-state index contributed by atoms with van der Waals surface area (Å²) in [5, 5.41) is 3.33. The molecule has 0 saturated heterocycles. The normalized spacial score (nSPS) is 10.1. The Morgan fingerprint density at radius 2 is 2.05 bits per heavy atom. The molecule has 6 nitrogen and oxygen atoms in total. The van der Waals surface area contributed by atoms with E-state index in [0.717, 1.165) is 0 Å². The molecule has 0 aliphatic carbocycles. The zero-order valence-corrected chi connectivity index (χ0v) is 12.5. The summed E-state index contributed by atoms with van der Waals surface area (Å²) in [4.78, 5) is 16.0. The number of nitrogens with one attached hydrogen (secondary N) is 2. The fourth-order valence-corrected chi connectivity index (χ4v) is 2.09. The Balaban J connectivity index is 2.18. The first-order valence-corrected chi connectivity index (χ1v) is 6.57. The second kappa shape index (κ2) is 6.62. The maximum atomic E-state index is 12.1. The molecule has 0 fully saturated rings. The van der Waals surface area contributed by atoms with Crippen LogP contribution >= 0.6 is 23.2 Å². The Bertz CT molecular complexity index is 679. The average molecular weight is 327 g/mol. The third kappa shape index (κ3) is 3.55. The fraction of sp³-hybridized carbons (Fsp3) is 0.0769. The second-order valence-corrected chi connectivity index (χ2v) is 4.82. The number of carbonyl (C=O) groups excluding carboxylic acids is 1. The van der Waals surface area contributed by atoms with E-state index < -0.39 is 0 Å². The van der Waals surface area contributed by atoms with Crippen LogP contribution in [-0.2, 0) is 0 Å². The van der Waals surface area contributed by atoms with Gasteiger partial charge in [-0.1, -0.05) is 23.2 Å². The molecule has 2 aromatic rings. The van der Waals surface area contributed by atoms with Gasteiger partial charge in [-0.05, 0) is 24.3 Å². The first-order valence-electron chi connectivity index (χ1n) is 5.82. The SMILES string of the molecule is COc1ccc(NC(=O)c2cnc(NN)c(Cl)c2)cc1Cl. The molecular weight excluding hydrogens is 315 g/mol. The van der Waals surface area contributed by atoms with E-state index in [1.54, 1.807) is 18.2 Å². The van der Waals surface area contributed by atoms with Gasteiger partial charge in [0.1, 0.15) is 5.75 Å². The number of amides is 1. The van der Waals surface area contributed by atoms with Crippen LogP contribution in [0.2, 0.25) is 10.0 Å². The summed E-state index contributed by atoms with van der Waals surface area (Å²) < 4.78 is 5.04. The van der Waals surface area contributed by atoms with Crippen LogP contribution in [0.5, 0.6) is 5.75 Å². The van der Waals surface area contributed by atoms with Gasteiger partial charge >= 0.3 is 0 Å². The van der Waals surface area contributed by atoms with E-state index in [2.05, 4.69) is 15.7 Å². The monoisotopic (exact) mass is 326 g/mol. The van der Waals surface area contributed by atoms with Crippen LogP contribution in [0.4, 0.5) is 11.5 Å². The number of nitrogen functional groups attached to an aromatic ring is 1. The van der Waals surface area contributed by atoms with Crippen LogP contribution < -0.4 is 21.3 Å². The molecule has 0 aliphatic heterocycles. The lowest BCUT2D eigenvalue weighted by Crippen LogP contribution is -2.14. The Labute approximate surface area is 131 Å². The Kier molecular flexibility index (Phi) is 4.85. The van der Waals surface area contributed by atoms with Crippen molar-refractivity contribution in [3.05, 3.63) is 46.1 Å². The van der Waals surface area contributed by atoms with Crippen molar-refractivity contribution < 1.29 is 9.53 Å². The van der Waals surface area contributed by atoms with E-state index in [-0.39, 0.29) is 10.9 Å². The number of nitrogens with two attached hydrogens (primary N) is 1. The van der Waals surface area contributed by atoms with Crippen LogP contribution in [-0.4, -0.2) is 18.0 Å². The van der Waals surface area contributed by atoms with E-state index in [1.807, 2.05) is 0 Å². The summed E-state index contributed by atoms with van der Waals surface area (Å²) in [7, 11) is 1.51. The van der Waals surface area contributed by atoms with Crippen molar-refractivity contribution in [3.8, 4) is 5.75 Å². The number of carbonyl (C=O) groups is 1. The molecule has 2 rings (SSSR count). The third-order valence-corrected chi connectivity index (χ3v) is 3.23. The van der Waals surface area contributed by atoms with Gasteiger partial charge in [0.2, 0.25) is 0 Å². The number of rotatable bonds is 4. The first kappa shape index (κ1) is 15.4. The number of ether oxygens (including phenoxy) is 1. The molecule has 0 unspecified atom stereocenters. The number of aromatic nitrogens is 1. The summed E-state index contributed by atoms with van der Waals surface area (Å²) >= 11 is 11.9. The summed E-state index contributed by atoms with van der Waals surface area (Å²) in [6, 6.07) is 6.38. The minimum absolute atomic E-state index is 0.248. The van der Waals surface area contributed by atoms with Gasteiger partial charge in [-0.15, -0.1) is 0 Å². The largest absolute Gasteiger partial charge is 0.495 e. The quantitative estimate of drug-likeness (QED) is 0.593. The topological polar surface area (TPSA) is 89.3 Å². The minimum Gasteiger partial charge on any atom is -0.495 e. The number of hydrazine groups is 1. The highest BCUT2D eigenvalue weighted by atomic mass is 35.5. The lowest BCUT2D eigenvalue weighted by Gasteiger charge is -2.09. The van der Waals surface area contributed by atoms with Gasteiger partial charge in [0.05, 0.1) is 22.7 Å². The van der Waals surface area contributed by atoms with E-state index in [1.165, 1.54) is 19.4 Å². The lowest BCUT2D eigenvalue weighted by atomic mass is 10.2. The molecule has 0 spiro atoms. The van der Waals surface area contributed by atoms with Crippen molar-refractivity contribution in [3.63, 3.8) is 0 Å². The first-order chi connectivity index (χ1) is 10.0. The van der Waals surface area contributed by atoms with E-state index in [9.17, 15) is 4.79 Å². The average Bonchev–Trinajstić information content (AvgIpc) is 2.47. The molecule has 0 saturated carbocycles. The molecule has 1 heterocycles. The molecule has 4 N–H and O–H groups in total. The van der Waals surface area contributed by atoms with Crippen LogP contribution in [0.25, 0.3) is 0 Å². The maximum absolute atomic E-state index is 12.1. The molecule has 8 heteroatoms. The Morgan fingerprint density at radius 1 is 1.29 bits per heavy atom. The number of benzene rings is 1. The van der Waals surface area contributed by atoms with Crippen LogP contribution in [0.15, 0.2) is 30.5 Å². The third-order valence-electron chi connectivity index (χ3n) is 2.65. The zero-order chi connectivity index (χ0) is 15.4. The smallest absolute Gasteiger partial charge is 0.257 e. The number of hydrogen-bond donors (Lipinski definition) is 3. The summed E-state index contributed by atoms with van der Waals surface area (Å²) in [5.74, 6) is 5.67. The van der Waals surface area contributed by atoms with Crippen molar-refractivity contribution in [1.29, 1.82) is 0 Å². The number of anilines is 2. The number of nitrogens with zero attached hydrogens (tertiary/aromatic N) is 1. The number of pyridine rings is 1. The molecule has 0 atom stereocenters. The number of methoxy groups -OCH3 is 1. The molecule has 0 radical (unpaired) electrons. The summed E-state index contributed by atoms with van der Waals surface area (Å²) in [6.45, 7) is 0. The van der Waals surface area contributed by atoms with Gasteiger partial charge in [-0.2, -0.15) is 0 Å². The molecule has 0 aliphatic rings.